The molecule has 222 valence electrons. The summed E-state index contributed by atoms with van der Waals surface area (Å²) in [6.07, 6.45) is 2.84. The number of aromatic hydroxyl groups is 1. The van der Waals surface area contributed by atoms with Crippen molar-refractivity contribution in [3.05, 3.63) is 81.5 Å². The van der Waals surface area contributed by atoms with E-state index in [2.05, 4.69) is 21.9 Å². The van der Waals surface area contributed by atoms with Crippen LogP contribution in [0, 0.1) is 18.6 Å². The molecule has 1 saturated heterocycles. The molecule has 43 heavy (non-hydrogen) atoms. The number of phenolic OH excluding ortho intramolecular Hbond substituents is 1. The summed E-state index contributed by atoms with van der Waals surface area (Å²) in [4.78, 5) is 38.9. The predicted molar refractivity (Wildman–Crippen MR) is 162 cm³/mol. The van der Waals surface area contributed by atoms with E-state index in [0.29, 0.717) is 23.5 Å². The van der Waals surface area contributed by atoms with Crippen LogP contribution in [0.4, 0.5) is 20.3 Å². The van der Waals surface area contributed by atoms with Gasteiger partial charge in [-0.3, -0.25) is 14.3 Å². The van der Waals surface area contributed by atoms with Crippen molar-refractivity contribution in [3.63, 3.8) is 0 Å². The number of aryl methyl sites for hydroxylation is 1. The van der Waals surface area contributed by atoms with Crippen LogP contribution in [-0.4, -0.2) is 62.7 Å². The number of halogens is 3. The molecule has 0 spiro atoms. The first-order chi connectivity index (χ1) is 20.5. The van der Waals surface area contributed by atoms with Gasteiger partial charge in [-0.1, -0.05) is 38.1 Å². The number of nitrogens with one attached hydrogen (secondary N) is 1. The Balaban J connectivity index is 1.76. The fraction of sp³-hybridized carbons (Fsp3) is 0.290. The number of pyridine rings is 1. The van der Waals surface area contributed by atoms with Crippen LogP contribution in [0.1, 0.15) is 31.0 Å². The summed E-state index contributed by atoms with van der Waals surface area (Å²) in [7, 11) is 0. The van der Waals surface area contributed by atoms with Crippen LogP contribution >= 0.6 is 11.6 Å². The number of anilines is 2. The Morgan fingerprint density at radius 2 is 1.98 bits per heavy atom. The molecule has 1 unspecified atom stereocenters. The highest BCUT2D eigenvalue weighted by Gasteiger charge is 2.38. The molecule has 1 amide bonds. The molecule has 6 rings (SSSR count). The number of carbonyl (C=O) groups excluding carboxylic acids is 1. The van der Waals surface area contributed by atoms with Gasteiger partial charge >= 0.3 is 5.69 Å². The molecular weight excluding hydrogens is 578 g/mol. The number of fused-ring (bicyclic) bond motifs is 2. The lowest BCUT2D eigenvalue weighted by Crippen LogP contribution is -2.57. The maximum atomic E-state index is 17.1. The zero-order valence-corrected chi connectivity index (χ0v) is 24.5. The Labute approximate surface area is 251 Å². The molecule has 2 N–H and O–H groups in total. The molecule has 0 bridgehead atoms. The number of hydrogen-bond donors (Lipinski definition) is 2. The molecule has 1 atom stereocenters. The lowest BCUT2D eigenvalue weighted by Gasteiger charge is -2.41. The fourth-order valence-electron chi connectivity index (χ4n) is 6.10. The van der Waals surface area contributed by atoms with Crippen LogP contribution < -0.4 is 15.9 Å². The molecular formula is C31H29ClF2N6O3. The molecule has 2 aromatic heterocycles. The van der Waals surface area contributed by atoms with Crippen LogP contribution in [-0.2, 0) is 4.79 Å². The van der Waals surface area contributed by atoms with Crippen molar-refractivity contribution < 1.29 is 18.7 Å². The minimum Gasteiger partial charge on any atom is -0.507 e. The van der Waals surface area contributed by atoms with Crippen molar-refractivity contribution >= 4 is 39.9 Å². The zero-order chi connectivity index (χ0) is 30.7. The Hall–Kier alpha value is -4.51. The first kappa shape index (κ1) is 28.6. The molecule has 2 aliphatic heterocycles. The van der Waals surface area contributed by atoms with E-state index in [0.717, 1.165) is 4.57 Å². The highest BCUT2D eigenvalue weighted by atomic mass is 35.5. The van der Waals surface area contributed by atoms with Crippen LogP contribution in [0.15, 0.2) is 47.9 Å². The smallest absolute Gasteiger partial charge is 0.354 e. The van der Waals surface area contributed by atoms with Gasteiger partial charge in [0.2, 0.25) is 5.91 Å². The molecule has 1 fully saturated rings. The number of benzene rings is 2. The summed E-state index contributed by atoms with van der Waals surface area (Å²) in [6.45, 7) is 10.1. The van der Waals surface area contributed by atoms with Gasteiger partial charge in [-0.05, 0) is 42.7 Å². The average molecular weight is 607 g/mol. The number of amides is 1. The van der Waals surface area contributed by atoms with E-state index in [1.165, 1.54) is 24.3 Å². The maximum Gasteiger partial charge on any atom is 0.354 e. The monoisotopic (exact) mass is 606 g/mol. The van der Waals surface area contributed by atoms with E-state index in [-0.39, 0.29) is 64.5 Å². The summed E-state index contributed by atoms with van der Waals surface area (Å²) in [5, 5.41) is 13.9. The first-order valence-electron chi connectivity index (χ1n) is 13.9. The third kappa shape index (κ3) is 4.41. The van der Waals surface area contributed by atoms with Gasteiger partial charge in [0, 0.05) is 37.9 Å². The van der Waals surface area contributed by atoms with Gasteiger partial charge in [-0.15, -0.1) is 0 Å². The average Bonchev–Trinajstić information content (AvgIpc) is 3.13. The van der Waals surface area contributed by atoms with Crippen molar-refractivity contribution in [1.29, 1.82) is 0 Å². The van der Waals surface area contributed by atoms with E-state index < -0.39 is 34.7 Å². The number of nitrogens with zero attached hydrogens (tertiary/aromatic N) is 5. The van der Waals surface area contributed by atoms with Crippen molar-refractivity contribution in [1.82, 2.24) is 19.4 Å². The van der Waals surface area contributed by atoms with Crippen LogP contribution in [0.3, 0.4) is 0 Å². The number of rotatable bonds is 4. The lowest BCUT2D eigenvalue weighted by atomic mass is 9.98. The molecule has 0 aliphatic carbocycles. The summed E-state index contributed by atoms with van der Waals surface area (Å²) in [5.41, 5.74) is -0.412. The third-order valence-corrected chi connectivity index (χ3v) is 8.43. The number of aromatic nitrogens is 3. The maximum absolute atomic E-state index is 17.1. The predicted octanol–water partition coefficient (Wildman–Crippen LogP) is 5.15. The van der Waals surface area contributed by atoms with Gasteiger partial charge in [0.05, 0.1) is 39.1 Å². The van der Waals surface area contributed by atoms with Crippen molar-refractivity contribution in [3.8, 4) is 22.6 Å². The molecule has 4 heterocycles. The van der Waals surface area contributed by atoms with Crippen LogP contribution in [0.5, 0.6) is 5.75 Å². The number of piperazine rings is 1. The second-order valence-corrected chi connectivity index (χ2v) is 11.4. The molecule has 2 aliphatic rings. The number of hydrogen-bond acceptors (Lipinski definition) is 7. The molecule has 4 aromatic rings. The van der Waals surface area contributed by atoms with Gasteiger partial charge in [0.15, 0.2) is 11.6 Å². The number of carbonyl (C=O) groups is 1. The summed E-state index contributed by atoms with van der Waals surface area (Å²) < 4.78 is 34.9. The summed E-state index contributed by atoms with van der Waals surface area (Å²) >= 11 is 6.41. The van der Waals surface area contributed by atoms with Crippen molar-refractivity contribution in [2.75, 3.05) is 36.4 Å². The Kier molecular flexibility index (Phi) is 7.08. The molecule has 9 nitrogen and oxygen atoms in total. The zero-order valence-electron chi connectivity index (χ0n) is 23.8. The SMILES string of the molecule is C=CC(=O)N1CCN2c3nc(=O)n(-c4c(C)ccnc4C(C)C)c4c(F)c(-c5c(O)cccc5Cl)c(F)c(c34)NCC2C1. The molecule has 0 saturated carbocycles. The lowest BCUT2D eigenvalue weighted by molar-refractivity contribution is -0.126. The van der Waals surface area contributed by atoms with E-state index in [1.54, 1.807) is 24.1 Å². The van der Waals surface area contributed by atoms with Gasteiger partial charge < -0.3 is 20.2 Å². The quantitative estimate of drug-likeness (QED) is 0.310. The van der Waals surface area contributed by atoms with Crippen molar-refractivity contribution in [2.24, 2.45) is 0 Å². The van der Waals surface area contributed by atoms with E-state index in [1.807, 2.05) is 18.7 Å². The van der Waals surface area contributed by atoms with Gasteiger partial charge in [-0.2, -0.15) is 4.98 Å². The molecule has 12 heteroatoms. The van der Waals surface area contributed by atoms with E-state index >= 15 is 8.78 Å². The molecule has 0 radical (unpaired) electrons. The topological polar surface area (TPSA) is 104 Å². The van der Waals surface area contributed by atoms with Crippen molar-refractivity contribution in [2.45, 2.75) is 32.7 Å². The van der Waals surface area contributed by atoms with E-state index in [9.17, 15) is 14.7 Å². The first-order valence-corrected chi connectivity index (χ1v) is 14.3. The Bertz CT molecular complexity index is 1870. The fourth-order valence-corrected chi connectivity index (χ4v) is 6.37. The number of phenols is 1. The minimum atomic E-state index is -1.08. The Morgan fingerprint density at radius 1 is 1.21 bits per heavy atom. The molecule has 2 aromatic carbocycles. The highest BCUT2D eigenvalue weighted by Crippen LogP contribution is 2.47. The summed E-state index contributed by atoms with van der Waals surface area (Å²) in [6, 6.07) is 5.46. The third-order valence-electron chi connectivity index (χ3n) is 8.12. The Morgan fingerprint density at radius 3 is 2.67 bits per heavy atom. The van der Waals surface area contributed by atoms with E-state index in [4.69, 9.17) is 11.6 Å². The highest BCUT2D eigenvalue weighted by molar-refractivity contribution is 6.33. The summed E-state index contributed by atoms with van der Waals surface area (Å²) in [5.74, 6) is -2.80. The van der Waals surface area contributed by atoms with Gasteiger partial charge in [-0.25, -0.2) is 13.6 Å². The second kappa shape index (κ2) is 10.6. The second-order valence-electron chi connectivity index (χ2n) is 11.0. The van der Waals surface area contributed by atoms with Gasteiger partial charge in [0.1, 0.15) is 17.1 Å². The normalized spacial score (nSPS) is 16.2. The van der Waals surface area contributed by atoms with Crippen LogP contribution in [0.25, 0.3) is 27.7 Å². The largest absolute Gasteiger partial charge is 0.507 e. The standard InChI is InChI=1S/C31H29ClF2N6O3/c1-5-20(42)38-11-12-39-17(14-38)13-36-27-23-29(25(34)22(24(27)33)21-18(32)7-6-8-19(21)41)40(31(43)37-30(23)39)28-16(4)9-10-35-26(28)15(2)3/h5-10,15,17,36,41H,1,11-14H2,2-4H3. The van der Waals surface area contributed by atoms with Gasteiger partial charge in [0.25, 0.3) is 0 Å². The van der Waals surface area contributed by atoms with Crippen LogP contribution in [0.2, 0.25) is 5.02 Å². The minimum absolute atomic E-state index is 0.0637.